The minimum Gasteiger partial charge on any atom is -0.493 e. The summed E-state index contributed by atoms with van der Waals surface area (Å²) in [6, 6.07) is 5.68. The fourth-order valence-electron chi connectivity index (χ4n) is 5.34. The predicted octanol–water partition coefficient (Wildman–Crippen LogP) is 5.05. The molecule has 0 saturated carbocycles. The maximum Gasteiger partial charge on any atom is 0.161 e. The van der Waals surface area contributed by atoms with Crippen LogP contribution in [0.1, 0.15) is 71.8 Å². The quantitative estimate of drug-likeness (QED) is 0.254. The third-order valence-electron chi connectivity index (χ3n) is 8.03. The average molecular weight is 536 g/mol. The standard InChI is InChI=1S/C31H53NO6/c1-21(2)25(16-24-8-9-30(36-6)31(18-24)38-13-7-12-35-5)19-27(32)29(34)20-26(22(3)4)28(33)17-23-10-14-37-15-11-23/h8-9,18,21-23,25-27,29,34H,7,10-17,19-20,32H2,1-6H3/t25-,26-,27-,29-/m0/s1. The van der Waals surface area contributed by atoms with Crippen LogP contribution in [0.15, 0.2) is 18.2 Å². The Balaban J connectivity index is 2.00. The molecule has 2 rings (SSSR count). The number of Topliss-reactive ketones (excluding diaryl/α,β-unsaturated/α-hetero) is 1. The summed E-state index contributed by atoms with van der Waals surface area (Å²) < 4.78 is 22.0. The van der Waals surface area contributed by atoms with Crippen molar-refractivity contribution in [2.24, 2.45) is 35.3 Å². The summed E-state index contributed by atoms with van der Waals surface area (Å²) in [5.41, 5.74) is 7.73. The SMILES string of the molecule is COCCCOc1cc(C[C@@H](C[C@H](N)[C@@H](O)C[C@H](C(=O)CC2CCOCC2)C(C)C)C(C)C)ccc1OC. The van der Waals surface area contributed by atoms with Gasteiger partial charge in [-0.2, -0.15) is 0 Å². The molecule has 0 radical (unpaired) electrons. The van der Waals surface area contributed by atoms with Crippen molar-refractivity contribution in [3.63, 3.8) is 0 Å². The summed E-state index contributed by atoms with van der Waals surface area (Å²) in [4.78, 5) is 13.2. The van der Waals surface area contributed by atoms with Gasteiger partial charge in [0.15, 0.2) is 11.5 Å². The van der Waals surface area contributed by atoms with Crippen LogP contribution < -0.4 is 15.2 Å². The van der Waals surface area contributed by atoms with Crippen LogP contribution in [-0.4, -0.2) is 63.7 Å². The first kappa shape index (κ1) is 32.5. The Bertz CT molecular complexity index is 808. The van der Waals surface area contributed by atoms with Crippen molar-refractivity contribution in [1.29, 1.82) is 0 Å². The number of hydrogen-bond acceptors (Lipinski definition) is 7. The van der Waals surface area contributed by atoms with Crippen LogP contribution in [0.4, 0.5) is 0 Å². The highest BCUT2D eigenvalue weighted by Gasteiger charge is 2.31. The third kappa shape index (κ3) is 10.8. The van der Waals surface area contributed by atoms with Crippen molar-refractivity contribution in [3.8, 4) is 11.5 Å². The highest BCUT2D eigenvalue weighted by atomic mass is 16.5. The van der Waals surface area contributed by atoms with E-state index in [1.807, 2.05) is 12.1 Å². The Morgan fingerprint density at radius 1 is 1.05 bits per heavy atom. The second kappa shape index (κ2) is 17.1. The van der Waals surface area contributed by atoms with Crippen LogP contribution in [0.3, 0.4) is 0 Å². The second-order valence-corrected chi connectivity index (χ2v) is 11.7. The van der Waals surface area contributed by atoms with E-state index >= 15 is 0 Å². The zero-order valence-corrected chi connectivity index (χ0v) is 24.6. The molecular formula is C31H53NO6. The van der Waals surface area contributed by atoms with Gasteiger partial charge < -0.3 is 29.8 Å². The van der Waals surface area contributed by atoms with Crippen LogP contribution in [0.5, 0.6) is 11.5 Å². The molecule has 0 aromatic heterocycles. The maximum absolute atomic E-state index is 13.2. The van der Waals surface area contributed by atoms with E-state index in [0.717, 1.165) is 50.2 Å². The zero-order valence-electron chi connectivity index (χ0n) is 24.6. The van der Waals surface area contributed by atoms with Crippen LogP contribution in [0.2, 0.25) is 0 Å². The largest absolute Gasteiger partial charge is 0.493 e. The lowest BCUT2D eigenvalue weighted by Gasteiger charge is -2.31. The van der Waals surface area contributed by atoms with Gasteiger partial charge in [-0.3, -0.25) is 4.79 Å². The van der Waals surface area contributed by atoms with Gasteiger partial charge in [-0.1, -0.05) is 33.8 Å². The molecule has 0 spiro atoms. The van der Waals surface area contributed by atoms with E-state index in [1.165, 1.54) is 0 Å². The first-order valence-corrected chi connectivity index (χ1v) is 14.5. The molecule has 1 aliphatic rings. The Labute approximate surface area is 230 Å². The molecule has 3 N–H and O–H groups in total. The summed E-state index contributed by atoms with van der Waals surface area (Å²) in [6.45, 7) is 11.2. The molecule has 4 atom stereocenters. The van der Waals surface area contributed by atoms with Gasteiger partial charge >= 0.3 is 0 Å². The Kier molecular flexibility index (Phi) is 14.7. The van der Waals surface area contributed by atoms with Crippen LogP contribution in [-0.2, 0) is 20.7 Å². The number of methoxy groups -OCH3 is 2. The molecule has 1 aromatic carbocycles. The number of carbonyl (C=O) groups excluding carboxylic acids is 1. The minimum absolute atomic E-state index is 0.171. The number of hydrogen-bond donors (Lipinski definition) is 2. The van der Waals surface area contributed by atoms with Crippen LogP contribution >= 0.6 is 0 Å². The molecule has 0 unspecified atom stereocenters. The fourth-order valence-corrected chi connectivity index (χ4v) is 5.34. The van der Waals surface area contributed by atoms with E-state index < -0.39 is 6.10 Å². The number of aliphatic hydroxyl groups excluding tert-OH is 1. The number of benzene rings is 1. The summed E-state index contributed by atoms with van der Waals surface area (Å²) >= 11 is 0. The lowest BCUT2D eigenvalue weighted by Crippen LogP contribution is -2.40. The first-order chi connectivity index (χ1) is 18.2. The number of rotatable bonds is 18. The summed E-state index contributed by atoms with van der Waals surface area (Å²) in [5.74, 6) is 2.77. The molecule has 1 aliphatic heterocycles. The van der Waals surface area contributed by atoms with E-state index in [4.69, 9.17) is 24.7 Å². The van der Waals surface area contributed by atoms with Crippen LogP contribution in [0.25, 0.3) is 0 Å². The monoisotopic (exact) mass is 535 g/mol. The lowest BCUT2D eigenvalue weighted by molar-refractivity contribution is -0.127. The van der Waals surface area contributed by atoms with Gasteiger partial charge in [0.2, 0.25) is 0 Å². The van der Waals surface area contributed by atoms with Crippen molar-refractivity contribution in [2.45, 2.75) is 84.8 Å². The van der Waals surface area contributed by atoms with E-state index in [1.54, 1.807) is 14.2 Å². The lowest BCUT2D eigenvalue weighted by atomic mass is 9.78. The molecule has 38 heavy (non-hydrogen) atoms. The molecule has 1 fully saturated rings. The Morgan fingerprint density at radius 3 is 2.37 bits per heavy atom. The average Bonchev–Trinajstić information content (AvgIpc) is 2.89. The highest BCUT2D eigenvalue weighted by Crippen LogP contribution is 2.32. The van der Waals surface area contributed by atoms with Gasteiger partial charge in [0.1, 0.15) is 5.78 Å². The number of carbonyl (C=O) groups is 1. The molecule has 0 aliphatic carbocycles. The van der Waals surface area contributed by atoms with E-state index in [0.29, 0.717) is 50.1 Å². The minimum atomic E-state index is -0.710. The van der Waals surface area contributed by atoms with Crippen molar-refractivity contribution >= 4 is 5.78 Å². The van der Waals surface area contributed by atoms with Gasteiger partial charge in [0, 0.05) is 51.7 Å². The van der Waals surface area contributed by atoms with Gasteiger partial charge in [0.25, 0.3) is 0 Å². The van der Waals surface area contributed by atoms with Crippen molar-refractivity contribution in [2.75, 3.05) is 40.6 Å². The summed E-state index contributed by atoms with van der Waals surface area (Å²) in [5, 5.41) is 11.1. The van der Waals surface area contributed by atoms with Gasteiger partial charge in [0.05, 0.1) is 19.8 Å². The molecule has 218 valence electrons. The Morgan fingerprint density at radius 2 is 1.76 bits per heavy atom. The molecule has 1 heterocycles. The maximum atomic E-state index is 13.2. The third-order valence-corrected chi connectivity index (χ3v) is 8.03. The summed E-state index contributed by atoms with van der Waals surface area (Å²) in [7, 11) is 3.33. The fraction of sp³-hybridized carbons (Fsp3) is 0.774. The highest BCUT2D eigenvalue weighted by molar-refractivity contribution is 5.81. The van der Waals surface area contributed by atoms with E-state index in [2.05, 4.69) is 33.8 Å². The number of aliphatic hydroxyl groups is 1. The van der Waals surface area contributed by atoms with Gasteiger partial charge in [-0.25, -0.2) is 0 Å². The molecule has 1 aromatic rings. The van der Waals surface area contributed by atoms with E-state index in [9.17, 15) is 9.90 Å². The predicted molar refractivity (Wildman–Crippen MR) is 152 cm³/mol. The normalized spacial score (nSPS) is 17.8. The number of ketones is 1. The van der Waals surface area contributed by atoms with Crippen molar-refractivity contribution in [3.05, 3.63) is 23.8 Å². The molecular weight excluding hydrogens is 482 g/mol. The van der Waals surface area contributed by atoms with E-state index in [-0.39, 0.29) is 29.6 Å². The second-order valence-electron chi connectivity index (χ2n) is 11.7. The Hall–Kier alpha value is -1.67. The van der Waals surface area contributed by atoms with Crippen molar-refractivity contribution in [1.82, 2.24) is 0 Å². The number of nitrogens with two attached hydrogens (primary N) is 1. The summed E-state index contributed by atoms with van der Waals surface area (Å²) in [6.07, 6.45) is 4.50. The number of ether oxygens (including phenoxy) is 4. The molecule has 0 bridgehead atoms. The topological polar surface area (TPSA) is 100 Å². The first-order valence-electron chi connectivity index (χ1n) is 14.5. The van der Waals surface area contributed by atoms with Crippen LogP contribution in [0, 0.1) is 29.6 Å². The molecule has 0 amide bonds. The zero-order chi connectivity index (χ0) is 28.1. The molecule has 7 nitrogen and oxygen atoms in total. The van der Waals surface area contributed by atoms with Crippen molar-refractivity contribution < 1.29 is 28.8 Å². The van der Waals surface area contributed by atoms with Gasteiger partial charge in [-0.15, -0.1) is 0 Å². The van der Waals surface area contributed by atoms with Gasteiger partial charge in [-0.05, 0) is 73.5 Å². The molecule has 7 heteroatoms. The smallest absolute Gasteiger partial charge is 0.161 e. The molecule has 1 saturated heterocycles.